The number of carbonyl (C=O) groups is 2. The van der Waals surface area contributed by atoms with Crippen molar-refractivity contribution in [2.24, 2.45) is 5.92 Å². The Morgan fingerprint density at radius 1 is 1.21 bits per heavy atom. The zero-order valence-electron chi connectivity index (χ0n) is 15.5. The first-order valence-electron chi connectivity index (χ1n) is 8.77. The van der Waals surface area contributed by atoms with Gasteiger partial charge in [-0.15, -0.1) is 0 Å². The summed E-state index contributed by atoms with van der Waals surface area (Å²) in [7, 11) is 0. The van der Waals surface area contributed by atoms with E-state index in [2.05, 4.69) is 5.32 Å². The van der Waals surface area contributed by atoms with E-state index in [1.807, 2.05) is 13.0 Å². The predicted octanol–water partition coefficient (Wildman–Crippen LogP) is 3.25. The normalized spacial score (nSPS) is 12.8. The number of nitro groups is 1. The number of rotatable bonds is 8. The highest BCUT2D eigenvalue weighted by Crippen LogP contribution is 2.27. The second-order valence-electron chi connectivity index (χ2n) is 6.48. The molecule has 2 unspecified atom stereocenters. The van der Waals surface area contributed by atoms with Crippen molar-refractivity contribution in [1.29, 1.82) is 0 Å². The Morgan fingerprint density at radius 3 is 2.50 bits per heavy atom. The summed E-state index contributed by atoms with van der Waals surface area (Å²) in [5.41, 5.74) is 1.04. The number of hydrogen-bond donors (Lipinski definition) is 1. The third-order valence-corrected chi connectivity index (χ3v) is 4.78. The number of nitrogens with zero attached hydrogens (tertiary/aromatic N) is 1. The summed E-state index contributed by atoms with van der Waals surface area (Å²) in [4.78, 5) is 34.6. The minimum Gasteiger partial charge on any atom is -0.545 e. The Bertz CT molecular complexity index is 900. The number of benzene rings is 2. The van der Waals surface area contributed by atoms with Gasteiger partial charge in [-0.3, -0.25) is 14.9 Å². The van der Waals surface area contributed by atoms with Crippen LogP contribution in [0.4, 0.5) is 5.69 Å². The molecule has 0 heterocycles. The lowest BCUT2D eigenvalue weighted by atomic mass is 9.95. The Balaban J connectivity index is 2.30. The molecule has 148 valence electrons. The minimum absolute atomic E-state index is 0.0976. The van der Waals surface area contributed by atoms with Crippen molar-refractivity contribution in [3.05, 3.63) is 74.3 Å². The molecule has 0 spiro atoms. The van der Waals surface area contributed by atoms with E-state index in [1.165, 1.54) is 25.1 Å². The van der Waals surface area contributed by atoms with Crippen LogP contribution < -0.4 is 10.4 Å². The second-order valence-corrected chi connectivity index (χ2v) is 6.92. The summed E-state index contributed by atoms with van der Waals surface area (Å²) in [5, 5.41) is 25.5. The predicted molar refractivity (Wildman–Crippen MR) is 104 cm³/mol. The van der Waals surface area contributed by atoms with Crippen LogP contribution in [0.25, 0.3) is 0 Å². The van der Waals surface area contributed by atoms with Crippen LogP contribution in [0.2, 0.25) is 5.02 Å². The van der Waals surface area contributed by atoms with Gasteiger partial charge in [-0.05, 0) is 48.2 Å². The molecule has 2 atom stereocenters. The number of halogens is 1. The maximum Gasteiger partial charge on any atom is 0.237 e. The number of hydrogen-bond acceptors (Lipinski definition) is 5. The van der Waals surface area contributed by atoms with Gasteiger partial charge in [0.05, 0.1) is 11.7 Å². The fourth-order valence-electron chi connectivity index (χ4n) is 2.88. The third-order valence-electron chi connectivity index (χ3n) is 4.55. The monoisotopic (exact) mass is 403 g/mol. The van der Waals surface area contributed by atoms with Crippen molar-refractivity contribution < 1.29 is 19.6 Å². The fraction of sp³-hybridized carbons (Fsp3) is 0.300. The topological polar surface area (TPSA) is 112 Å². The molecule has 1 N–H and O–H groups in total. The molecule has 0 aliphatic rings. The lowest BCUT2D eigenvalue weighted by Crippen LogP contribution is -2.26. The number of amides is 1. The van der Waals surface area contributed by atoms with Crippen molar-refractivity contribution in [3.63, 3.8) is 0 Å². The smallest absolute Gasteiger partial charge is 0.237 e. The lowest BCUT2D eigenvalue weighted by Gasteiger charge is -2.18. The van der Waals surface area contributed by atoms with E-state index >= 15 is 0 Å². The van der Waals surface area contributed by atoms with Gasteiger partial charge in [0.1, 0.15) is 0 Å². The van der Waals surface area contributed by atoms with Gasteiger partial charge in [0.25, 0.3) is 0 Å². The first kappa shape index (κ1) is 21.4. The van der Waals surface area contributed by atoms with Crippen LogP contribution in [0.3, 0.4) is 0 Å². The molecule has 0 saturated carbocycles. The summed E-state index contributed by atoms with van der Waals surface area (Å²) >= 11 is 5.99. The van der Waals surface area contributed by atoms with E-state index < -0.39 is 22.9 Å². The van der Waals surface area contributed by atoms with Crippen LogP contribution in [0.1, 0.15) is 47.8 Å². The largest absolute Gasteiger partial charge is 0.545 e. The Morgan fingerprint density at radius 2 is 1.93 bits per heavy atom. The van der Waals surface area contributed by atoms with Crippen molar-refractivity contribution >= 4 is 29.2 Å². The quantitative estimate of drug-likeness (QED) is 0.537. The van der Waals surface area contributed by atoms with Crippen LogP contribution in [-0.4, -0.2) is 16.8 Å². The van der Waals surface area contributed by atoms with Crippen LogP contribution in [0.15, 0.2) is 42.5 Å². The van der Waals surface area contributed by atoms with E-state index in [4.69, 9.17) is 11.6 Å². The van der Waals surface area contributed by atoms with Gasteiger partial charge in [-0.1, -0.05) is 36.7 Å². The molecule has 0 bridgehead atoms. The van der Waals surface area contributed by atoms with Gasteiger partial charge in [-0.25, -0.2) is 0 Å². The lowest BCUT2D eigenvalue weighted by molar-refractivity contribution is -0.524. The highest BCUT2D eigenvalue weighted by Gasteiger charge is 2.24. The number of carboxylic acids is 1. The first-order chi connectivity index (χ1) is 13.2. The molecule has 2 rings (SSSR count). The molecule has 2 aromatic rings. The molecule has 28 heavy (non-hydrogen) atoms. The van der Waals surface area contributed by atoms with Crippen molar-refractivity contribution in [3.8, 4) is 0 Å². The Labute approximate surface area is 167 Å². The van der Waals surface area contributed by atoms with E-state index in [0.29, 0.717) is 17.9 Å². The summed E-state index contributed by atoms with van der Waals surface area (Å²) in [5.74, 6) is -2.19. The highest BCUT2D eigenvalue weighted by atomic mass is 35.5. The number of carbonyl (C=O) groups excluding carboxylic acids is 2. The molecule has 7 nitrogen and oxygen atoms in total. The molecule has 0 aromatic heterocycles. The van der Waals surface area contributed by atoms with E-state index in [-0.39, 0.29) is 22.7 Å². The highest BCUT2D eigenvalue weighted by molar-refractivity contribution is 6.30. The van der Waals surface area contributed by atoms with Gasteiger partial charge in [-0.2, -0.15) is 0 Å². The summed E-state index contributed by atoms with van der Waals surface area (Å²) in [6.07, 6.45) is 0.960. The van der Waals surface area contributed by atoms with Crippen LogP contribution in [0, 0.1) is 16.0 Å². The third kappa shape index (κ3) is 5.29. The van der Waals surface area contributed by atoms with Crippen molar-refractivity contribution in [1.82, 2.24) is 0 Å². The summed E-state index contributed by atoms with van der Waals surface area (Å²) in [6.45, 7) is 3.22. The second kappa shape index (κ2) is 9.32. The molecule has 8 heteroatoms. The maximum absolute atomic E-state index is 12.8. The molecule has 0 saturated heterocycles. The number of aromatic carboxylic acids is 1. The SMILES string of the molecule is CCC(Cc1cccc(Cl)c1)C(=O)Nc1cc(C(=O)[O-])ccc1C(C)[N+](=O)[O-]. The van der Waals surface area contributed by atoms with Gasteiger partial charge >= 0.3 is 0 Å². The summed E-state index contributed by atoms with van der Waals surface area (Å²) in [6, 6.07) is 9.79. The first-order valence-corrected chi connectivity index (χ1v) is 9.14. The molecule has 0 radical (unpaired) electrons. The number of carboxylic acid groups (broad SMARTS) is 1. The number of anilines is 1. The average molecular weight is 404 g/mol. The molecule has 2 aromatic carbocycles. The standard InChI is InChI=1S/C20H21ClN2O5/c1-3-14(9-13-5-4-6-16(21)10-13)19(24)22-18-11-15(20(25)26)7-8-17(18)12(2)23(27)28/h4-8,10-12,14H,3,9H2,1-2H3,(H,22,24)(H,25,26)/p-1. The molecule has 1 amide bonds. The maximum atomic E-state index is 12.8. The summed E-state index contributed by atoms with van der Waals surface area (Å²) < 4.78 is 0. The van der Waals surface area contributed by atoms with E-state index in [0.717, 1.165) is 5.56 Å². The van der Waals surface area contributed by atoms with E-state index in [9.17, 15) is 24.8 Å². The van der Waals surface area contributed by atoms with E-state index in [1.54, 1.807) is 18.2 Å². The van der Waals surface area contributed by atoms with Crippen LogP contribution in [0.5, 0.6) is 0 Å². The zero-order valence-corrected chi connectivity index (χ0v) is 16.2. The number of nitrogens with one attached hydrogen (secondary N) is 1. The molecule has 0 fully saturated rings. The Kier molecular flexibility index (Phi) is 7.12. The Hall–Kier alpha value is -2.93. The minimum atomic E-state index is -1.43. The zero-order chi connectivity index (χ0) is 20.8. The van der Waals surface area contributed by atoms with Crippen LogP contribution >= 0.6 is 11.6 Å². The van der Waals surface area contributed by atoms with Crippen LogP contribution in [-0.2, 0) is 11.2 Å². The average Bonchev–Trinajstić information content (AvgIpc) is 2.65. The van der Waals surface area contributed by atoms with Gasteiger partial charge in [0.15, 0.2) is 0 Å². The van der Waals surface area contributed by atoms with Gasteiger partial charge in [0.2, 0.25) is 11.9 Å². The molecular formula is C20H20ClN2O5-. The molecule has 0 aliphatic carbocycles. The van der Waals surface area contributed by atoms with Crippen molar-refractivity contribution in [2.45, 2.75) is 32.7 Å². The van der Waals surface area contributed by atoms with Crippen molar-refractivity contribution in [2.75, 3.05) is 5.32 Å². The van der Waals surface area contributed by atoms with Gasteiger partial charge < -0.3 is 15.2 Å². The fourth-order valence-corrected chi connectivity index (χ4v) is 3.09. The van der Waals surface area contributed by atoms with Gasteiger partial charge in [0, 0.05) is 28.4 Å². The molecular weight excluding hydrogens is 384 g/mol. The molecule has 0 aliphatic heterocycles.